The first-order valence-corrected chi connectivity index (χ1v) is 8.82. The lowest BCUT2D eigenvalue weighted by atomic mass is 9.47. The molecule has 1 N–H and O–H groups in total. The molecule has 3 unspecified atom stereocenters. The SMILES string of the molecule is C[C@]12CCC(=O)C=C1[C@H](O)CC1C2CC[C@]2(C)C(=O)CCC12. The minimum Gasteiger partial charge on any atom is -0.389 e. The Labute approximate surface area is 132 Å². The van der Waals surface area contributed by atoms with Crippen LogP contribution in [0.25, 0.3) is 0 Å². The fourth-order valence-electron chi connectivity index (χ4n) is 6.38. The first kappa shape index (κ1) is 14.6. The van der Waals surface area contributed by atoms with E-state index < -0.39 is 6.10 Å². The highest BCUT2D eigenvalue weighted by Gasteiger charge is 2.60. The Bertz CT molecular complexity index is 577. The maximum Gasteiger partial charge on any atom is 0.155 e. The number of rotatable bonds is 0. The van der Waals surface area contributed by atoms with E-state index >= 15 is 0 Å². The zero-order chi connectivity index (χ0) is 15.7. The van der Waals surface area contributed by atoms with E-state index in [-0.39, 0.29) is 16.6 Å². The van der Waals surface area contributed by atoms with Gasteiger partial charge in [0.05, 0.1) is 6.10 Å². The van der Waals surface area contributed by atoms with Gasteiger partial charge in [0.2, 0.25) is 0 Å². The van der Waals surface area contributed by atoms with Crippen LogP contribution in [-0.2, 0) is 9.59 Å². The summed E-state index contributed by atoms with van der Waals surface area (Å²) in [6.45, 7) is 4.42. The van der Waals surface area contributed by atoms with Crippen molar-refractivity contribution in [3.63, 3.8) is 0 Å². The van der Waals surface area contributed by atoms with Gasteiger partial charge in [0.15, 0.2) is 5.78 Å². The normalized spacial score (nSPS) is 51.0. The lowest BCUT2D eigenvalue weighted by molar-refractivity contribution is -0.134. The first-order valence-electron chi connectivity index (χ1n) is 8.82. The summed E-state index contributed by atoms with van der Waals surface area (Å²) in [4.78, 5) is 24.2. The van der Waals surface area contributed by atoms with E-state index in [1.54, 1.807) is 6.08 Å². The first-order chi connectivity index (χ1) is 10.4. The van der Waals surface area contributed by atoms with Crippen molar-refractivity contribution >= 4 is 11.6 Å². The van der Waals surface area contributed by atoms with Crippen molar-refractivity contribution < 1.29 is 14.7 Å². The van der Waals surface area contributed by atoms with E-state index in [1.165, 1.54) is 0 Å². The number of aliphatic hydroxyl groups excluding tert-OH is 1. The molecule has 0 aromatic heterocycles. The van der Waals surface area contributed by atoms with Crippen LogP contribution in [0.1, 0.15) is 58.8 Å². The molecule has 0 heterocycles. The van der Waals surface area contributed by atoms with Gasteiger partial charge in [0.1, 0.15) is 5.78 Å². The van der Waals surface area contributed by atoms with Crippen LogP contribution in [0, 0.1) is 28.6 Å². The van der Waals surface area contributed by atoms with E-state index in [2.05, 4.69) is 13.8 Å². The minimum atomic E-state index is -0.492. The number of Topliss-reactive ketones (excluding diaryl/α,β-unsaturated/α-hetero) is 1. The topological polar surface area (TPSA) is 54.4 Å². The molecule has 0 aromatic rings. The number of fused-ring (bicyclic) bond motifs is 5. The van der Waals surface area contributed by atoms with E-state index in [9.17, 15) is 14.7 Å². The van der Waals surface area contributed by atoms with Crippen LogP contribution >= 0.6 is 0 Å². The van der Waals surface area contributed by atoms with E-state index in [0.717, 1.165) is 44.1 Å². The summed E-state index contributed by atoms with van der Waals surface area (Å²) < 4.78 is 0. The van der Waals surface area contributed by atoms with Gasteiger partial charge in [-0.3, -0.25) is 9.59 Å². The second-order valence-electron chi connectivity index (χ2n) is 8.53. The molecule has 22 heavy (non-hydrogen) atoms. The molecule has 4 rings (SSSR count). The van der Waals surface area contributed by atoms with Crippen LogP contribution in [0.3, 0.4) is 0 Å². The molecule has 4 aliphatic carbocycles. The van der Waals surface area contributed by atoms with Crippen LogP contribution in [0.2, 0.25) is 0 Å². The van der Waals surface area contributed by atoms with Crippen molar-refractivity contribution in [3.05, 3.63) is 11.6 Å². The molecule has 4 aliphatic rings. The van der Waals surface area contributed by atoms with E-state index in [4.69, 9.17) is 0 Å². The number of aliphatic hydroxyl groups is 1. The predicted molar refractivity (Wildman–Crippen MR) is 83.1 cm³/mol. The predicted octanol–water partition coefficient (Wildman–Crippen LogP) is 3.06. The monoisotopic (exact) mass is 302 g/mol. The molecule has 0 radical (unpaired) electrons. The molecule has 120 valence electrons. The minimum absolute atomic E-state index is 0.0385. The highest BCUT2D eigenvalue weighted by molar-refractivity contribution is 5.92. The van der Waals surface area contributed by atoms with Gasteiger partial charge in [-0.05, 0) is 66.9 Å². The van der Waals surface area contributed by atoms with Crippen molar-refractivity contribution in [3.8, 4) is 0 Å². The quantitative estimate of drug-likeness (QED) is 0.748. The number of ketones is 2. The molecule has 0 aromatic carbocycles. The molecule has 3 nitrogen and oxygen atoms in total. The Hall–Kier alpha value is -0.960. The second kappa shape index (κ2) is 4.53. The van der Waals surface area contributed by atoms with Gasteiger partial charge in [0.25, 0.3) is 0 Å². The van der Waals surface area contributed by atoms with Crippen molar-refractivity contribution in [2.75, 3.05) is 0 Å². The lowest BCUT2D eigenvalue weighted by Crippen LogP contribution is -2.54. The highest BCUT2D eigenvalue weighted by Crippen LogP contribution is 2.64. The lowest BCUT2D eigenvalue weighted by Gasteiger charge is -2.58. The molecular weight excluding hydrogens is 276 g/mol. The Balaban J connectivity index is 1.74. The zero-order valence-corrected chi connectivity index (χ0v) is 13.6. The third kappa shape index (κ3) is 1.72. The fourth-order valence-corrected chi connectivity index (χ4v) is 6.38. The molecule has 6 atom stereocenters. The number of hydrogen-bond acceptors (Lipinski definition) is 3. The van der Waals surface area contributed by atoms with Crippen molar-refractivity contribution in [2.24, 2.45) is 28.6 Å². The maximum absolute atomic E-state index is 12.4. The summed E-state index contributed by atoms with van der Waals surface area (Å²) >= 11 is 0. The number of carbonyl (C=O) groups excluding carboxylic acids is 2. The zero-order valence-electron chi connectivity index (χ0n) is 13.6. The van der Waals surface area contributed by atoms with Crippen LogP contribution in [0.15, 0.2) is 11.6 Å². The second-order valence-corrected chi connectivity index (χ2v) is 8.53. The molecular formula is C19H26O3. The largest absolute Gasteiger partial charge is 0.389 e. The standard InChI is InChI=1S/C19H26O3/c1-18-7-5-11(20)9-15(18)16(21)10-12-13-3-4-17(22)19(13,2)8-6-14(12)18/h9,12-14,16,21H,3-8,10H2,1-2H3/t12?,13?,14?,16-,18-,19+/m1/s1. The third-order valence-electron chi connectivity index (χ3n) is 7.69. The summed E-state index contributed by atoms with van der Waals surface area (Å²) in [5.74, 6) is 2.01. The molecule has 3 heteroatoms. The summed E-state index contributed by atoms with van der Waals surface area (Å²) in [5, 5.41) is 10.7. The summed E-state index contributed by atoms with van der Waals surface area (Å²) in [5.41, 5.74) is 0.796. The average Bonchev–Trinajstić information content (AvgIpc) is 2.77. The van der Waals surface area contributed by atoms with Gasteiger partial charge in [-0.2, -0.15) is 0 Å². The molecule has 0 bridgehead atoms. The van der Waals surface area contributed by atoms with Crippen molar-refractivity contribution in [2.45, 2.75) is 64.9 Å². The Kier molecular flexibility index (Phi) is 3.01. The van der Waals surface area contributed by atoms with E-state index in [1.807, 2.05) is 0 Å². The molecule has 0 spiro atoms. The summed E-state index contributed by atoms with van der Waals surface area (Å²) in [6, 6.07) is 0. The van der Waals surface area contributed by atoms with Crippen LogP contribution < -0.4 is 0 Å². The molecule has 3 saturated carbocycles. The van der Waals surface area contributed by atoms with Crippen LogP contribution in [0.4, 0.5) is 0 Å². The van der Waals surface area contributed by atoms with Gasteiger partial charge in [0, 0.05) is 18.3 Å². The summed E-state index contributed by atoms with van der Waals surface area (Å²) in [6.07, 6.45) is 7.24. The molecule has 3 fully saturated rings. The molecule has 0 amide bonds. The van der Waals surface area contributed by atoms with Gasteiger partial charge in [-0.1, -0.05) is 13.8 Å². The molecule has 0 aliphatic heterocycles. The van der Waals surface area contributed by atoms with Crippen molar-refractivity contribution in [1.82, 2.24) is 0 Å². The fraction of sp³-hybridized carbons (Fsp3) is 0.789. The van der Waals surface area contributed by atoms with Gasteiger partial charge in [-0.15, -0.1) is 0 Å². The van der Waals surface area contributed by atoms with Crippen LogP contribution in [0.5, 0.6) is 0 Å². The third-order valence-corrected chi connectivity index (χ3v) is 7.69. The smallest absolute Gasteiger partial charge is 0.155 e. The number of carbonyl (C=O) groups is 2. The van der Waals surface area contributed by atoms with Crippen LogP contribution in [-0.4, -0.2) is 22.8 Å². The number of hydrogen-bond donors (Lipinski definition) is 1. The Morgan fingerprint density at radius 1 is 1.05 bits per heavy atom. The van der Waals surface area contributed by atoms with E-state index in [0.29, 0.717) is 30.0 Å². The highest BCUT2D eigenvalue weighted by atomic mass is 16.3. The van der Waals surface area contributed by atoms with Gasteiger partial charge in [-0.25, -0.2) is 0 Å². The summed E-state index contributed by atoms with van der Waals surface area (Å²) in [7, 11) is 0. The average molecular weight is 302 g/mol. The van der Waals surface area contributed by atoms with Crippen molar-refractivity contribution in [1.29, 1.82) is 0 Å². The van der Waals surface area contributed by atoms with Gasteiger partial charge < -0.3 is 5.11 Å². The molecule has 0 saturated heterocycles. The maximum atomic E-state index is 12.4. The Morgan fingerprint density at radius 3 is 2.55 bits per heavy atom. The Morgan fingerprint density at radius 2 is 1.77 bits per heavy atom. The van der Waals surface area contributed by atoms with Gasteiger partial charge >= 0.3 is 0 Å².